The summed E-state index contributed by atoms with van der Waals surface area (Å²) in [6.07, 6.45) is 0. The van der Waals surface area contributed by atoms with Crippen LogP contribution in [0.2, 0.25) is 0 Å². The standard InChI is InChI=1S/C13H19N2/c1-9(2)13-14-12-10(3)7-6-8-11(12)15(13,4)5/h6-9H,1-5H3/q+1. The lowest BCUT2D eigenvalue weighted by Gasteiger charge is -2.27. The van der Waals surface area contributed by atoms with Gasteiger partial charge in [0.2, 0.25) is 5.84 Å². The Balaban J connectivity index is 2.63. The Kier molecular flexibility index (Phi) is 2.19. The van der Waals surface area contributed by atoms with Crippen LogP contribution in [-0.2, 0) is 0 Å². The van der Waals surface area contributed by atoms with E-state index in [1.165, 1.54) is 22.8 Å². The summed E-state index contributed by atoms with van der Waals surface area (Å²) in [5, 5.41) is 0. The van der Waals surface area contributed by atoms with E-state index >= 15 is 0 Å². The molecule has 0 aliphatic carbocycles. The van der Waals surface area contributed by atoms with Gasteiger partial charge in [0.1, 0.15) is 5.69 Å². The summed E-state index contributed by atoms with van der Waals surface area (Å²) in [6, 6.07) is 6.43. The average molecular weight is 203 g/mol. The van der Waals surface area contributed by atoms with E-state index in [0.29, 0.717) is 5.92 Å². The second-order valence-corrected chi connectivity index (χ2v) is 5.02. The van der Waals surface area contributed by atoms with Crippen molar-refractivity contribution in [3.8, 4) is 0 Å². The van der Waals surface area contributed by atoms with Crippen LogP contribution in [0.1, 0.15) is 19.4 Å². The fourth-order valence-corrected chi connectivity index (χ4v) is 2.38. The highest BCUT2D eigenvalue weighted by atomic mass is 15.4. The SMILES string of the molecule is Cc1cccc2c1N=C(C(C)C)[N+]2(C)C. The number of amidine groups is 1. The van der Waals surface area contributed by atoms with Gasteiger partial charge in [-0.05, 0) is 12.5 Å². The van der Waals surface area contributed by atoms with E-state index in [1.54, 1.807) is 0 Å². The van der Waals surface area contributed by atoms with Crippen LogP contribution in [-0.4, -0.2) is 19.9 Å². The lowest BCUT2D eigenvalue weighted by Crippen LogP contribution is -2.46. The molecule has 1 aliphatic rings. The number of benzene rings is 1. The Morgan fingerprint density at radius 3 is 2.40 bits per heavy atom. The number of aliphatic imine (C=N–C) groups is 1. The molecule has 2 rings (SSSR count). The first kappa shape index (κ1) is 10.4. The Hall–Kier alpha value is -1.15. The Bertz CT molecular complexity index is 428. The quantitative estimate of drug-likeness (QED) is 0.621. The monoisotopic (exact) mass is 203 g/mol. The largest absolute Gasteiger partial charge is 0.249 e. The van der Waals surface area contributed by atoms with Crippen LogP contribution >= 0.6 is 0 Å². The van der Waals surface area contributed by atoms with Gasteiger partial charge in [-0.15, -0.1) is 0 Å². The minimum Gasteiger partial charge on any atom is -0.249 e. The predicted molar refractivity (Wildman–Crippen MR) is 66.8 cm³/mol. The number of quaternary nitrogens is 1. The first-order valence-electron chi connectivity index (χ1n) is 5.48. The molecule has 1 aliphatic heterocycles. The van der Waals surface area contributed by atoms with Crippen LogP contribution in [0.25, 0.3) is 0 Å². The van der Waals surface area contributed by atoms with Crippen molar-refractivity contribution in [3.63, 3.8) is 0 Å². The van der Waals surface area contributed by atoms with E-state index in [-0.39, 0.29) is 0 Å². The van der Waals surface area contributed by atoms with Crippen LogP contribution in [0.15, 0.2) is 23.2 Å². The maximum absolute atomic E-state index is 4.79. The number of hydrogen-bond acceptors (Lipinski definition) is 1. The molecule has 0 saturated heterocycles. The van der Waals surface area contributed by atoms with Crippen molar-refractivity contribution in [1.82, 2.24) is 4.48 Å². The molecule has 0 unspecified atom stereocenters. The maximum atomic E-state index is 4.79. The van der Waals surface area contributed by atoms with Crippen LogP contribution in [0.5, 0.6) is 0 Å². The van der Waals surface area contributed by atoms with Gasteiger partial charge in [0.25, 0.3) is 0 Å². The van der Waals surface area contributed by atoms with Crippen LogP contribution < -0.4 is 4.48 Å². The smallest absolute Gasteiger partial charge is 0.210 e. The van der Waals surface area contributed by atoms with Gasteiger partial charge in [-0.2, -0.15) is 4.99 Å². The zero-order valence-electron chi connectivity index (χ0n) is 10.2. The third-order valence-corrected chi connectivity index (χ3v) is 3.13. The first-order chi connectivity index (χ1) is 6.94. The summed E-state index contributed by atoms with van der Waals surface area (Å²) in [7, 11) is 4.42. The summed E-state index contributed by atoms with van der Waals surface area (Å²) in [4.78, 5) is 4.79. The second-order valence-electron chi connectivity index (χ2n) is 5.02. The zero-order chi connectivity index (χ0) is 11.2. The van der Waals surface area contributed by atoms with Gasteiger partial charge >= 0.3 is 0 Å². The van der Waals surface area contributed by atoms with Gasteiger partial charge in [0.05, 0.1) is 14.1 Å². The summed E-state index contributed by atoms with van der Waals surface area (Å²) in [5.74, 6) is 1.74. The van der Waals surface area contributed by atoms with Crippen molar-refractivity contribution in [2.75, 3.05) is 14.1 Å². The highest BCUT2D eigenvalue weighted by Gasteiger charge is 2.37. The third kappa shape index (κ3) is 1.40. The topological polar surface area (TPSA) is 12.4 Å². The minimum absolute atomic E-state index is 0.492. The highest BCUT2D eigenvalue weighted by Crippen LogP contribution is 2.41. The normalized spacial score (nSPS) is 17.9. The summed E-state index contributed by atoms with van der Waals surface area (Å²) < 4.78 is 0.800. The molecule has 0 bridgehead atoms. The highest BCUT2D eigenvalue weighted by molar-refractivity contribution is 6.03. The molecule has 2 nitrogen and oxygen atoms in total. The number of para-hydroxylation sites is 1. The van der Waals surface area contributed by atoms with E-state index in [0.717, 1.165) is 4.48 Å². The molecule has 0 fully saturated rings. The maximum Gasteiger partial charge on any atom is 0.210 e. The van der Waals surface area contributed by atoms with Crippen molar-refractivity contribution in [2.45, 2.75) is 20.8 Å². The molecule has 1 heterocycles. The molecule has 1 aromatic rings. The van der Waals surface area contributed by atoms with Gasteiger partial charge in [-0.3, -0.25) is 0 Å². The number of rotatable bonds is 1. The lowest BCUT2D eigenvalue weighted by atomic mass is 10.1. The van der Waals surface area contributed by atoms with Crippen LogP contribution in [0, 0.1) is 12.8 Å². The molecule has 15 heavy (non-hydrogen) atoms. The second kappa shape index (κ2) is 3.17. The Morgan fingerprint density at radius 2 is 1.87 bits per heavy atom. The molecule has 2 heteroatoms. The first-order valence-corrected chi connectivity index (χ1v) is 5.48. The molecule has 0 radical (unpaired) electrons. The van der Waals surface area contributed by atoms with Crippen molar-refractivity contribution in [1.29, 1.82) is 0 Å². The summed E-state index contributed by atoms with van der Waals surface area (Å²) in [5.41, 5.74) is 3.76. The molecule has 0 aromatic heterocycles. The molecule has 0 atom stereocenters. The number of fused-ring (bicyclic) bond motifs is 1. The van der Waals surface area contributed by atoms with Gasteiger partial charge in [0.15, 0.2) is 5.69 Å². The fraction of sp³-hybridized carbons (Fsp3) is 0.462. The number of aryl methyl sites for hydroxylation is 1. The van der Waals surface area contributed by atoms with Gasteiger partial charge in [-0.1, -0.05) is 26.0 Å². The zero-order valence-corrected chi connectivity index (χ0v) is 10.2. The lowest BCUT2D eigenvalue weighted by molar-refractivity contribution is 0.568. The predicted octanol–water partition coefficient (Wildman–Crippen LogP) is 3.26. The molecule has 0 amide bonds. The minimum atomic E-state index is 0.492. The molecule has 0 N–H and O–H groups in total. The van der Waals surface area contributed by atoms with E-state index in [4.69, 9.17) is 4.99 Å². The summed E-state index contributed by atoms with van der Waals surface area (Å²) in [6.45, 7) is 6.55. The molecule has 0 saturated carbocycles. The molecule has 1 aromatic carbocycles. The van der Waals surface area contributed by atoms with Crippen molar-refractivity contribution in [3.05, 3.63) is 23.8 Å². The third-order valence-electron chi connectivity index (χ3n) is 3.13. The van der Waals surface area contributed by atoms with E-state index in [1.807, 2.05) is 0 Å². The van der Waals surface area contributed by atoms with Gasteiger partial charge in [-0.25, -0.2) is 4.48 Å². The average Bonchev–Trinajstić information content (AvgIpc) is 2.40. The Labute approximate surface area is 91.8 Å². The summed E-state index contributed by atoms with van der Waals surface area (Å²) >= 11 is 0. The van der Waals surface area contributed by atoms with Gasteiger partial charge in [0, 0.05) is 12.0 Å². The van der Waals surface area contributed by atoms with Crippen molar-refractivity contribution < 1.29 is 0 Å². The van der Waals surface area contributed by atoms with Crippen molar-refractivity contribution in [2.24, 2.45) is 10.9 Å². The molecule has 0 spiro atoms. The van der Waals surface area contributed by atoms with Gasteiger partial charge < -0.3 is 0 Å². The molecular weight excluding hydrogens is 184 g/mol. The molecular formula is C13H19N2+. The van der Waals surface area contributed by atoms with Crippen LogP contribution in [0.3, 0.4) is 0 Å². The van der Waals surface area contributed by atoms with E-state index in [2.05, 4.69) is 53.1 Å². The molecule has 80 valence electrons. The number of hydrogen-bond donors (Lipinski definition) is 0. The van der Waals surface area contributed by atoms with Crippen molar-refractivity contribution >= 4 is 17.2 Å². The fourth-order valence-electron chi connectivity index (χ4n) is 2.38. The van der Waals surface area contributed by atoms with E-state index < -0.39 is 0 Å². The Morgan fingerprint density at radius 1 is 1.20 bits per heavy atom. The van der Waals surface area contributed by atoms with Crippen LogP contribution in [0.4, 0.5) is 11.4 Å². The number of nitrogens with zero attached hydrogens (tertiary/aromatic N) is 2. The van der Waals surface area contributed by atoms with E-state index in [9.17, 15) is 0 Å².